The van der Waals surface area contributed by atoms with Gasteiger partial charge in [0.05, 0.1) is 0 Å². The lowest BCUT2D eigenvalue weighted by atomic mass is 9.85. The molecule has 0 saturated heterocycles. The fourth-order valence-corrected chi connectivity index (χ4v) is 3.46. The highest BCUT2D eigenvalue weighted by atomic mass is 35.5. The maximum atomic E-state index is 6.05. The smallest absolute Gasteiger partial charge is 0.0409 e. The van der Waals surface area contributed by atoms with Crippen molar-refractivity contribution in [1.29, 1.82) is 0 Å². The Bertz CT molecular complexity index is 618. The standard InChI is InChI=1S/C18H20ClN/c1-18(2)11-14-7-3-4-9-16(14)17(18)20-12-13-6-5-8-15(19)10-13/h3-10,17,20H,11-12H2,1-2H3. The van der Waals surface area contributed by atoms with Crippen LogP contribution >= 0.6 is 11.6 Å². The summed E-state index contributed by atoms with van der Waals surface area (Å²) in [7, 11) is 0. The number of fused-ring (bicyclic) bond motifs is 1. The van der Waals surface area contributed by atoms with Crippen LogP contribution in [0.2, 0.25) is 5.02 Å². The first-order chi connectivity index (χ1) is 9.56. The molecule has 1 aliphatic carbocycles. The van der Waals surface area contributed by atoms with E-state index in [-0.39, 0.29) is 5.41 Å². The van der Waals surface area contributed by atoms with Crippen molar-refractivity contribution in [2.45, 2.75) is 32.9 Å². The van der Waals surface area contributed by atoms with E-state index in [2.05, 4.69) is 49.5 Å². The molecule has 0 saturated carbocycles. The van der Waals surface area contributed by atoms with Gasteiger partial charge in [0.2, 0.25) is 0 Å². The predicted octanol–water partition coefficient (Wildman–Crippen LogP) is 4.75. The molecule has 1 unspecified atom stereocenters. The summed E-state index contributed by atoms with van der Waals surface area (Å²) in [6, 6.07) is 17.2. The third-order valence-electron chi connectivity index (χ3n) is 4.19. The van der Waals surface area contributed by atoms with Gasteiger partial charge in [-0.25, -0.2) is 0 Å². The van der Waals surface area contributed by atoms with Gasteiger partial charge in [-0.3, -0.25) is 0 Å². The molecule has 2 aromatic rings. The Balaban J connectivity index is 1.80. The first-order valence-corrected chi connectivity index (χ1v) is 7.50. The zero-order valence-corrected chi connectivity index (χ0v) is 12.7. The van der Waals surface area contributed by atoms with Gasteiger partial charge in [0.25, 0.3) is 0 Å². The van der Waals surface area contributed by atoms with Crippen molar-refractivity contribution in [1.82, 2.24) is 5.32 Å². The molecule has 0 aliphatic heterocycles. The Morgan fingerprint density at radius 2 is 1.95 bits per heavy atom. The van der Waals surface area contributed by atoms with Gasteiger partial charge in [0.1, 0.15) is 0 Å². The quantitative estimate of drug-likeness (QED) is 0.858. The second-order valence-electron chi connectivity index (χ2n) is 6.31. The Kier molecular flexibility index (Phi) is 3.57. The van der Waals surface area contributed by atoms with Crippen molar-refractivity contribution in [2.75, 3.05) is 0 Å². The van der Waals surface area contributed by atoms with Crippen LogP contribution in [0.4, 0.5) is 0 Å². The van der Waals surface area contributed by atoms with E-state index >= 15 is 0 Å². The van der Waals surface area contributed by atoms with E-state index in [4.69, 9.17) is 11.6 Å². The first-order valence-electron chi connectivity index (χ1n) is 7.12. The Hall–Kier alpha value is -1.31. The SMILES string of the molecule is CC1(C)Cc2ccccc2C1NCc1cccc(Cl)c1. The van der Waals surface area contributed by atoms with E-state index in [0.29, 0.717) is 6.04 Å². The summed E-state index contributed by atoms with van der Waals surface area (Å²) in [5, 5.41) is 4.51. The molecule has 1 atom stereocenters. The molecule has 1 N–H and O–H groups in total. The summed E-state index contributed by atoms with van der Waals surface area (Å²) >= 11 is 6.05. The van der Waals surface area contributed by atoms with Crippen molar-refractivity contribution < 1.29 is 0 Å². The third-order valence-corrected chi connectivity index (χ3v) is 4.43. The van der Waals surface area contributed by atoms with Crippen LogP contribution in [-0.2, 0) is 13.0 Å². The molecule has 1 aliphatic rings. The topological polar surface area (TPSA) is 12.0 Å². The van der Waals surface area contributed by atoms with E-state index in [1.165, 1.54) is 16.7 Å². The van der Waals surface area contributed by atoms with Crippen molar-refractivity contribution in [3.63, 3.8) is 0 Å². The summed E-state index contributed by atoms with van der Waals surface area (Å²) < 4.78 is 0. The summed E-state index contributed by atoms with van der Waals surface area (Å²) in [6.07, 6.45) is 1.14. The van der Waals surface area contributed by atoms with Gasteiger partial charge in [0.15, 0.2) is 0 Å². The molecule has 104 valence electrons. The highest BCUT2D eigenvalue weighted by Gasteiger charge is 2.38. The van der Waals surface area contributed by atoms with Crippen LogP contribution in [-0.4, -0.2) is 0 Å². The third kappa shape index (κ3) is 2.61. The molecule has 0 spiro atoms. The minimum atomic E-state index is 0.252. The maximum absolute atomic E-state index is 6.05. The van der Waals surface area contributed by atoms with Crippen LogP contribution in [0.1, 0.15) is 36.6 Å². The number of hydrogen-bond acceptors (Lipinski definition) is 1. The van der Waals surface area contributed by atoms with Crippen molar-refractivity contribution in [3.8, 4) is 0 Å². The predicted molar refractivity (Wildman–Crippen MR) is 85.0 cm³/mol. The van der Waals surface area contributed by atoms with Crippen LogP contribution in [0.3, 0.4) is 0 Å². The second kappa shape index (κ2) is 5.23. The summed E-state index contributed by atoms with van der Waals surface area (Å²) in [5.41, 5.74) is 4.40. The van der Waals surface area contributed by atoms with Gasteiger partial charge in [-0.1, -0.05) is 61.8 Å². The fourth-order valence-electron chi connectivity index (χ4n) is 3.24. The summed E-state index contributed by atoms with van der Waals surface area (Å²) in [4.78, 5) is 0. The monoisotopic (exact) mass is 285 g/mol. The van der Waals surface area contributed by atoms with Crippen LogP contribution in [0.5, 0.6) is 0 Å². The highest BCUT2D eigenvalue weighted by Crippen LogP contribution is 2.45. The first kappa shape index (κ1) is 13.7. The normalized spacial score (nSPS) is 19.9. The highest BCUT2D eigenvalue weighted by molar-refractivity contribution is 6.30. The molecule has 0 radical (unpaired) electrons. The lowest BCUT2D eigenvalue weighted by molar-refractivity contribution is 0.268. The molecule has 0 bridgehead atoms. The lowest BCUT2D eigenvalue weighted by Gasteiger charge is -2.28. The van der Waals surface area contributed by atoms with Gasteiger partial charge in [-0.05, 0) is 40.7 Å². The van der Waals surface area contributed by atoms with E-state index in [1.807, 2.05) is 18.2 Å². The van der Waals surface area contributed by atoms with Crippen molar-refractivity contribution in [2.24, 2.45) is 5.41 Å². The molecule has 0 aromatic heterocycles. The maximum Gasteiger partial charge on any atom is 0.0409 e. The van der Waals surface area contributed by atoms with Crippen molar-refractivity contribution in [3.05, 3.63) is 70.2 Å². The molecule has 0 amide bonds. The van der Waals surface area contributed by atoms with Gasteiger partial charge >= 0.3 is 0 Å². The minimum absolute atomic E-state index is 0.252. The fraction of sp³-hybridized carbons (Fsp3) is 0.333. The van der Waals surface area contributed by atoms with Gasteiger partial charge in [-0.15, -0.1) is 0 Å². The van der Waals surface area contributed by atoms with Crippen LogP contribution in [0.15, 0.2) is 48.5 Å². The Morgan fingerprint density at radius 1 is 1.15 bits per heavy atom. The number of halogens is 1. The molecular weight excluding hydrogens is 266 g/mol. The van der Waals surface area contributed by atoms with Gasteiger partial charge in [-0.2, -0.15) is 0 Å². The largest absolute Gasteiger partial charge is 0.305 e. The Labute approximate surface area is 126 Å². The molecule has 3 rings (SSSR count). The minimum Gasteiger partial charge on any atom is -0.305 e. The van der Waals surface area contributed by atoms with Gasteiger partial charge < -0.3 is 5.32 Å². The molecule has 0 fully saturated rings. The molecule has 0 heterocycles. The average molecular weight is 286 g/mol. The van der Waals surface area contributed by atoms with Crippen LogP contribution in [0, 0.1) is 5.41 Å². The van der Waals surface area contributed by atoms with E-state index in [1.54, 1.807) is 0 Å². The molecule has 1 nitrogen and oxygen atoms in total. The van der Waals surface area contributed by atoms with Crippen molar-refractivity contribution >= 4 is 11.6 Å². The molecule has 20 heavy (non-hydrogen) atoms. The molecule has 2 heteroatoms. The number of rotatable bonds is 3. The molecular formula is C18H20ClN. The number of benzene rings is 2. The summed E-state index contributed by atoms with van der Waals surface area (Å²) in [6.45, 7) is 5.52. The summed E-state index contributed by atoms with van der Waals surface area (Å²) in [5.74, 6) is 0. The number of nitrogens with one attached hydrogen (secondary N) is 1. The number of hydrogen-bond donors (Lipinski definition) is 1. The zero-order valence-electron chi connectivity index (χ0n) is 12.0. The van der Waals surface area contributed by atoms with Gasteiger partial charge in [0, 0.05) is 17.6 Å². The van der Waals surface area contributed by atoms with E-state index in [9.17, 15) is 0 Å². The van der Waals surface area contributed by atoms with E-state index < -0.39 is 0 Å². The zero-order chi connectivity index (χ0) is 14.2. The lowest BCUT2D eigenvalue weighted by Crippen LogP contribution is -2.30. The van der Waals surface area contributed by atoms with E-state index in [0.717, 1.165) is 18.0 Å². The second-order valence-corrected chi connectivity index (χ2v) is 6.74. The van der Waals surface area contributed by atoms with Crippen LogP contribution < -0.4 is 5.32 Å². The van der Waals surface area contributed by atoms with Crippen LogP contribution in [0.25, 0.3) is 0 Å². The average Bonchev–Trinajstić information content (AvgIpc) is 2.66. The Morgan fingerprint density at radius 3 is 2.75 bits per heavy atom. The molecule has 2 aromatic carbocycles.